The number of amides is 2. The van der Waals surface area contributed by atoms with Crippen LogP contribution in [0.2, 0.25) is 0 Å². The van der Waals surface area contributed by atoms with Crippen LogP contribution in [0.25, 0.3) is 0 Å². The molecule has 2 aromatic heterocycles. The van der Waals surface area contributed by atoms with Gasteiger partial charge in [-0.3, -0.25) is 4.79 Å². The summed E-state index contributed by atoms with van der Waals surface area (Å²) >= 11 is 0. The van der Waals surface area contributed by atoms with Crippen molar-refractivity contribution < 1.29 is 4.79 Å². The number of aromatic amines is 1. The highest BCUT2D eigenvalue weighted by molar-refractivity contribution is 5.73. The summed E-state index contributed by atoms with van der Waals surface area (Å²) in [6, 6.07) is 1.62. The summed E-state index contributed by atoms with van der Waals surface area (Å²) in [6.07, 6.45) is 6.16. The number of aryl methyl sites for hydroxylation is 3. The Labute approximate surface area is 128 Å². The summed E-state index contributed by atoms with van der Waals surface area (Å²) in [5.41, 5.74) is 2.12. The molecule has 0 aliphatic rings. The predicted octanol–water partition coefficient (Wildman–Crippen LogP) is 1.08. The van der Waals surface area contributed by atoms with Gasteiger partial charge in [-0.2, -0.15) is 0 Å². The van der Waals surface area contributed by atoms with Gasteiger partial charge in [0, 0.05) is 36.7 Å². The van der Waals surface area contributed by atoms with Crippen LogP contribution in [0.5, 0.6) is 0 Å². The molecular weight excluding hydrogens is 282 g/mol. The van der Waals surface area contributed by atoms with Crippen LogP contribution in [0.3, 0.4) is 0 Å². The van der Waals surface area contributed by atoms with Crippen LogP contribution in [-0.2, 0) is 13.1 Å². The summed E-state index contributed by atoms with van der Waals surface area (Å²) in [5.74, 6) is 0. The van der Waals surface area contributed by atoms with Crippen molar-refractivity contribution in [3.63, 3.8) is 0 Å². The first kappa shape index (κ1) is 15.8. The van der Waals surface area contributed by atoms with E-state index in [0.29, 0.717) is 12.1 Å². The van der Waals surface area contributed by atoms with Gasteiger partial charge in [-0.25, -0.2) is 9.78 Å². The number of nitrogens with zero attached hydrogens (tertiary/aromatic N) is 2. The fourth-order valence-electron chi connectivity index (χ4n) is 2.21. The number of rotatable bonds is 6. The van der Waals surface area contributed by atoms with Crippen LogP contribution >= 0.6 is 0 Å². The minimum absolute atomic E-state index is 0.155. The second kappa shape index (κ2) is 7.44. The minimum atomic E-state index is -0.273. The topological polar surface area (TPSA) is 91.8 Å². The Morgan fingerprint density at radius 1 is 1.36 bits per heavy atom. The molecule has 2 heterocycles. The van der Waals surface area contributed by atoms with Gasteiger partial charge >= 0.3 is 6.03 Å². The maximum absolute atomic E-state index is 11.8. The van der Waals surface area contributed by atoms with E-state index >= 15 is 0 Å². The number of nitrogens with one attached hydrogen (secondary N) is 3. The van der Waals surface area contributed by atoms with Crippen LogP contribution in [0.4, 0.5) is 4.79 Å². The summed E-state index contributed by atoms with van der Waals surface area (Å²) in [4.78, 5) is 30.2. The highest BCUT2D eigenvalue weighted by atomic mass is 16.2. The van der Waals surface area contributed by atoms with E-state index in [1.165, 1.54) is 0 Å². The molecule has 0 spiro atoms. The van der Waals surface area contributed by atoms with E-state index in [0.717, 1.165) is 24.2 Å². The van der Waals surface area contributed by atoms with Crippen LogP contribution in [0, 0.1) is 13.8 Å². The lowest BCUT2D eigenvalue weighted by atomic mass is 10.1. The third-order valence-corrected chi connectivity index (χ3v) is 3.36. The number of pyridine rings is 1. The normalized spacial score (nSPS) is 10.5. The number of carbonyl (C=O) groups is 1. The number of aromatic nitrogens is 3. The van der Waals surface area contributed by atoms with Gasteiger partial charge < -0.3 is 20.2 Å². The maximum atomic E-state index is 11.8. The van der Waals surface area contributed by atoms with Gasteiger partial charge in [-0.05, 0) is 31.9 Å². The molecule has 7 heteroatoms. The van der Waals surface area contributed by atoms with Crippen molar-refractivity contribution in [1.82, 2.24) is 25.2 Å². The molecule has 2 aromatic rings. The number of carbonyl (C=O) groups excluding carboxylic acids is 1. The Bertz CT molecular complexity index is 676. The Morgan fingerprint density at radius 2 is 2.18 bits per heavy atom. The molecule has 0 aromatic carbocycles. The number of hydrogen-bond acceptors (Lipinski definition) is 3. The molecule has 3 N–H and O–H groups in total. The minimum Gasteiger partial charge on any atom is -0.338 e. The van der Waals surface area contributed by atoms with Gasteiger partial charge in [0.15, 0.2) is 0 Å². The van der Waals surface area contributed by atoms with E-state index in [9.17, 15) is 9.59 Å². The summed E-state index contributed by atoms with van der Waals surface area (Å²) in [5, 5.41) is 5.47. The second-order valence-electron chi connectivity index (χ2n) is 5.21. The molecule has 0 aliphatic heterocycles. The molecule has 0 saturated heterocycles. The number of imidazole rings is 1. The van der Waals surface area contributed by atoms with Crippen LogP contribution < -0.4 is 16.2 Å². The number of hydrogen-bond donors (Lipinski definition) is 3. The van der Waals surface area contributed by atoms with E-state index in [1.807, 2.05) is 30.7 Å². The van der Waals surface area contributed by atoms with E-state index in [-0.39, 0.29) is 18.1 Å². The summed E-state index contributed by atoms with van der Waals surface area (Å²) < 4.78 is 1.95. The van der Waals surface area contributed by atoms with Gasteiger partial charge in [0.25, 0.3) is 5.56 Å². The van der Waals surface area contributed by atoms with Crippen LogP contribution in [-0.4, -0.2) is 27.1 Å². The third kappa shape index (κ3) is 4.47. The highest BCUT2D eigenvalue weighted by Gasteiger charge is 2.07. The average Bonchev–Trinajstić information content (AvgIpc) is 2.95. The van der Waals surface area contributed by atoms with Crippen molar-refractivity contribution in [1.29, 1.82) is 0 Å². The summed E-state index contributed by atoms with van der Waals surface area (Å²) in [6.45, 7) is 5.28. The summed E-state index contributed by atoms with van der Waals surface area (Å²) in [7, 11) is 0. The lowest BCUT2D eigenvalue weighted by molar-refractivity contribution is 0.240. The van der Waals surface area contributed by atoms with Crippen molar-refractivity contribution in [2.75, 3.05) is 6.54 Å². The van der Waals surface area contributed by atoms with E-state index in [4.69, 9.17) is 0 Å². The molecule has 0 unspecified atom stereocenters. The Morgan fingerprint density at radius 3 is 2.86 bits per heavy atom. The predicted molar refractivity (Wildman–Crippen MR) is 83.6 cm³/mol. The van der Waals surface area contributed by atoms with Gasteiger partial charge in [0.05, 0.1) is 12.9 Å². The molecule has 22 heavy (non-hydrogen) atoms. The number of H-pyrrole nitrogens is 1. The molecule has 7 nitrogen and oxygen atoms in total. The lowest BCUT2D eigenvalue weighted by Gasteiger charge is -2.09. The SMILES string of the molecule is Cc1cc(C)c(CNC(=O)NCCCn2ccnc2)c(=O)[nH]1. The molecule has 0 aliphatic carbocycles. The monoisotopic (exact) mass is 303 g/mol. The van der Waals surface area contributed by atoms with Crippen molar-refractivity contribution in [2.24, 2.45) is 0 Å². The van der Waals surface area contributed by atoms with Crippen LogP contribution in [0.15, 0.2) is 29.6 Å². The smallest absolute Gasteiger partial charge is 0.315 e. The maximum Gasteiger partial charge on any atom is 0.315 e. The van der Waals surface area contributed by atoms with Crippen molar-refractivity contribution in [3.8, 4) is 0 Å². The quantitative estimate of drug-likeness (QED) is 0.697. The lowest BCUT2D eigenvalue weighted by Crippen LogP contribution is -2.37. The molecule has 0 radical (unpaired) electrons. The zero-order chi connectivity index (χ0) is 15.9. The van der Waals surface area contributed by atoms with Gasteiger partial charge in [-0.15, -0.1) is 0 Å². The average molecular weight is 303 g/mol. The fraction of sp³-hybridized carbons (Fsp3) is 0.400. The molecule has 2 amide bonds. The first-order chi connectivity index (χ1) is 10.6. The Kier molecular flexibility index (Phi) is 5.35. The second-order valence-corrected chi connectivity index (χ2v) is 5.21. The first-order valence-corrected chi connectivity index (χ1v) is 7.23. The zero-order valence-electron chi connectivity index (χ0n) is 12.8. The van der Waals surface area contributed by atoms with Crippen molar-refractivity contribution >= 4 is 6.03 Å². The first-order valence-electron chi connectivity index (χ1n) is 7.23. The van der Waals surface area contributed by atoms with Gasteiger partial charge in [-0.1, -0.05) is 0 Å². The van der Waals surface area contributed by atoms with Crippen LogP contribution in [0.1, 0.15) is 23.2 Å². The van der Waals surface area contributed by atoms with E-state index in [2.05, 4.69) is 20.6 Å². The van der Waals surface area contributed by atoms with Gasteiger partial charge in [0.1, 0.15) is 0 Å². The molecule has 118 valence electrons. The van der Waals surface area contributed by atoms with E-state index < -0.39 is 0 Å². The molecule has 2 rings (SSSR count). The molecule has 0 atom stereocenters. The van der Waals surface area contributed by atoms with Gasteiger partial charge in [0.2, 0.25) is 0 Å². The van der Waals surface area contributed by atoms with Crippen molar-refractivity contribution in [3.05, 3.63) is 52.0 Å². The highest BCUT2D eigenvalue weighted by Crippen LogP contribution is 2.02. The fourth-order valence-corrected chi connectivity index (χ4v) is 2.21. The molecule has 0 saturated carbocycles. The third-order valence-electron chi connectivity index (χ3n) is 3.36. The van der Waals surface area contributed by atoms with Crippen molar-refractivity contribution in [2.45, 2.75) is 33.4 Å². The Hall–Kier alpha value is -2.57. The molecule has 0 fully saturated rings. The largest absolute Gasteiger partial charge is 0.338 e. The zero-order valence-corrected chi connectivity index (χ0v) is 12.8. The molecular formula is C15H21N5O2. The standard InChI is InChI=1S/C15H21N5O2/c1-11-8-12(2)19-14(21)13(11)9-18-15(22)17-4-3-6-20-7-5-16-10-20/h5,7-8,10H,3-4,6,9H2,1-2H3,(H,19,21)(H2,17,18,22). The Balaban J connectivity index is 1.73. The number of urea groups is 1. The molecule has 0 bridgehead atoms. The van der Waals surface area contributed by atoms with E-state index in [1.54, 1.807) is 12.5 Å².